The van der Waals surface area contributed by atoms with Crippen LogP contribution in [0.25, 0.3) is 0 Å². The molecule has 0 aliphatic carbocycles. The standard InChI is InChI=1S/C16H14BrFN2O/c1-10(20-2)13-8-12(17)4-6-15(13)21-16-5-3-11(9-19)7-14(16)18/h3-8,10,20H,1-2H3. The number of nitrogens with zero attached hydrogens (tertiary/aromatic N) is 1. The normalized spacial score (nSPS) is 11.8. The van der Waals surface area contributed by atoms with Gasteiger partial charge < -0.3 is 10.1 Å². The second kappa shape index (κ2) is 6.70. The lowest BCUT2D eigenvalue weighted by Gasteiger charge is -2.17. The van der Waals surface area contributed by atoms with Gasteiger partial charge in [0.05, 0.1) is 11.6 Å². The number of nitrogens with one attached hydrogen (secondary N) is 1. The molecule has 5 heteroatoms. The van der Waals surface area contributed by atoms with Gasteiger partial charge in [-0.3, -0.25) is 0 Å². The molecule has 0 aliphatic rings. The van der Waals surface area contributed by atoms with E-state index in [9.17, 15) is 4.39 Å². The quantitative estimate of drug-likeness (QED) is 0.882. The lowest BCUT2D eigenvalue weighted by Crippen LogP contribution is -2.13. The van der Waals surface area contributed by atoms with Gasteiger partial charge in [-0.15, -0.1) is 0 Å². The van der Waals surface area contributed by atoms with Crippen LogP contribution in [0.2, 0.25) is 0 Å². The Hall–Kier alpha value is -1.90. The lowest BCUT2D eigenvalue weighted by molar-refractivity contribution is 0.431. The lowest BCUT2D eigenvalue weighted by atomic mass is 10.1. The second-order valence-electron chi connectivity index (χ2n) is 4.55. The van der Waals surface area contributed by atoms with Crippen LogP contribution < -0.4 is 10.1 Å². The average Bonchev–Trinajstić information content (AvgIpc) is 2.49. The van der Waals surface area contributed by atoms with Crippen LogP contribution in [0.1, 0.15) is 24.1 Å². The molecule has 1 atom stereocenters. The zero-order valence-corrected chi connectivity index (χ0v) is 13.2. The molecular formula is C16H14BrFN2O. The molecule has 0 aliphatic heterocycles. The third kappa shape index (κ3) is 3.60. The Morgan fingerprint density at radius 1 is 1.24 bits per heavy atom. The van der Waals surface area contributed by atoms with E-state index in [0.717, 1.165) is 16.1 Å². The Labute approximate surface area is 131 Å². The maximum absolute atomic E-state index is 13.9. The molecule has 108 valence electrons. The van der Waals surface area contributed by atoms with E-state index in [0.29, 0.717) is 5.75 Å². The van der Waals surface area contributed by atoms with E-state index in [1.54, 1.807) is 6.07 Å². The van der Waals surface area contributed by atoms with E-state index >= 15 is 0 Å². The molecule has 2 aromatic rings. The number of rotatable bonds is 4. The van der Waals surface area contributed by atoms with Gasteiger partial charge in [0.25, 0.3) is 0 Å². The van der Waals surface area contributed by atoms with Gasteiger partial charge in [-0.05, 0) is 50.4 Å². The summed E-state index contributed by atoms with van der Waals surface area (Å²) in [7, 11) is 1.84. The molecule has 3 nitrogen and oxygen atoms in total. The van der Waals surface area contributed by atoms with Crippen LogP contribution >= 0.6 is 15.9 Å². The van der Waals surface area contributed by atoms with Crippen molar-refractivity contribution in [3.8, 4) is 17.6 Å². The smallest absolute Gasteiger partial charge is 0.167 e. The molecule has 0 aromatic heterocycles. The minimum Gasteiger partial charge on any atom is -0.454 e. The first-order valence-corrected chi connectivity index (χ1v) is 7.18. The van der Waals surface area contributed by atoms with Gasteiger partial charge in [-0.25, -0.2) is 4.39 Å². The molecule has 1 N–H and O–H groups in total. The van der Waals surface area contributed by atoms with E-state index in [-0.39, 0.29) is 17.4 Å². The fourth-order valence-electron chi connectivity index (χ4n) is 1.88. The average molecular weight is 349 g/mol. The Bertz CT molecular complexity index is 697. The third-order valence-electron chi connectivity index (χ3n) is 3.15. The van der Waals surface area contributed by atoms with E-state index in [1.807, 2.05) is 32.2 Å². The van der Waals surface area contributed by atoms with Gasteiger partial charge in [0, 0.05) is 16.1 Å². The maximum Gasteiger partial charge on any atom is 0.167 e. The van der Waals surface area contributed by atoms with Gasteiger partial charge in [0.2, 0.25) is 0 Å². The highest BCUT2D eigenvalue weighted by atomic mass is 79.9. The van der Waals surface area contributed by atoms with Crippen LogP contribution in [0.4, 0.5) is 4.39 Å². The zero-order valence-electron chi connectivity index (χ0n) is 11.7. The summed E-state index contributed by atoms with van der Waals surface area (Å²) in [6.45, 7) is 1.99. The molecule has 0 spiro atoms. The van der Waals surface area contributed by atoms with Gasteiger partial charge in [0.15, 0.2) is 11.6 Å². The van der Waals surface area contributed by atoms with Crippen LogP contribution in [0.5, 0.6) is 11.5 Å². The predicted octanol–water partition coefficient (Wildman–Crippen LogP) is 4.53. The summed E-state index contributed by atoms with van der Waals surface area (Å²) in [6, 6.07) is 11.6. The summed E-state index contributed by atoms with van der Waals surface area (Å²) < 4.78 is 20.5. The summed E-state index contributed by atoms with van der Waals surface area (Å²) in [5.74, 6) is 0.115. The number of hydrogen-bond donors (Lipinski definition) is 1. The molecule has 1 unspecified atom stereocenters. The monoisotopic (exact) mass is 348 g/mol. The number of halogens is 2. The number of nitriles is 1. The first-order chi connectivity index (χ1) is 10.0. The van der Waals surface area contributed by atoms with Crippen molar-refractivity contribution in [3.05, 3.63) is 57.8 Å². The highest BCUT2D eigenvalue weighted by Crippen LogP contribution is 2.33. The van der Waals surface area contributed by atoms with Crippen molar-refractivity contribution in [3.63, 3.8) is 0 Å². The summed E-state index contributed by atoms with van der Waals surface area (Å²) in [5, 5.41) is 11.9. The fourth-order valence-corrected chi connectivity index (χ4v) is 2.26. The molecule has 0 heterocycles. The molecule has 0 bridgehead atoms. The van der Waals surface area contributed by atoms with Crippen molar-refractivity contribution in [1.29, 1.82) is 5.26 Å². The molecule has 0 amide bonds. The van der Waals surface area contributed by atoms with Gasteiger partial charge >= 0.3 is 0 Å². The van der Waals surface area contributed by atoms with Crippen LogP contribution in [-0.2, 0) is 0 Å². The van der Waals surface area contributed by atoms with E-state index in [2.05, 4.69) is 21.2 Å². The molecule has 0 saturated heterocycles. The first kappa shape index (κ1) is 15.5. The Balaban J connectivity index is 2.38. The number of hydrogen-bond acceptors (Lipinski definition) is 3. The van der Waals surface area contributed by atoms with Gasteiger partial charge in [0.1, 0.15) is 5.75 Å². The summed E-state index contributed by atoms with van der Waals surface area (Å²) in [6.07, 6.45) is 0. The molecule has 2 rings (SSSR count). The first-order valence-electron chi connectivity index (χ1n) is 6.39. The van der Waals surface area contributed by atoms with Gasteiger partial charge in [-0.2, -0.15) is 5.26 Å². The molecule has 0 saturated carbocycles. The largest absolute Gasteiger partial charge is 0.454 e. The van der Waals surface area contributed by atoms with Crippen LogP contribution in [0.15, 0.2) is 40.9 Å². The maximum atomic E-state index is 13.9. The van der Waals surface area contributed by atoms with Crippen molar-refractivity contribution in [2.45, 2.75) is 13.0 Å². The number of ether oxygens (including phenoxy) is 1. The van der Waals surface area contributed by atoms with Crippen LogP contribution in [-0.4, -0.2) is 7.05 Å². The van der Waals surface area contributed by atoms with Gasteiger partial charge in [-0.1, -0.05) is 15.9 Å². The molecule has 2 aromatic carbocycles. The van der Waals surface area contributed by atoms with E-state index < -0.39 is 5.82 Å². The number of benzene rings is 2. The summed E-state index contributed by atoms with van der Waals surface area (Å²) in [4.78, 5) is 0. The fraction of sp³-hybridized carbons (Fsp3) is 0.188. The van der Waals surface area contributed by atoms with Crippen molar-refractivity contribution in [2.24, 2.45) is 0 Å². The Kier molecular flexibility index (Phi) is 4.94. The minimum absolute atomic E-state index is 0.0546. The minimum atomic E-state index is -0.556. The Morgan fingerprint density at radius 2 is 1.95 bits per heavy atom. The van der Waals surface area contributed by atoms with Crippen LogP contribution in [0.3, 0.4) is 0 Å². The molecule has 0 fully saturated rings. The Morgan fingerprint density at radius 3 is 2.57 bits per heavy atom. The molecular weight excluding hydrogens is 335 g/mol. The highest BCUT2D eigenvalue weighted by Gasteiger charge is 2.13. The molecule has 0 radical (unpaired) electrons. The predicted molar refractivity (Wildman–Crippen MR) is 82.8 cm³/mol. The van der Waals surface area contributed by atoms with Crippen LogP contribution in [0, 0.1) is 17.1 Å². The SMILES string of the molecule is CNC(C)c1cc(Br)ccc1Oc1ccc(C#N)cc1F. The van der Waals surface area contributed by atoms with E-state index in [4.69, 9.17) is 10.00 Å². The zero-order chi connectivity index (χ0) is 15.4. The van der Waals surface area contributed by atoms with Crippen molar-refractivity contribution in [2.75, 3.05) is 7.05 Å². The second-order valence-corrected chi connectivity index (χ2v) is 5.47. The van der Waals surface area contributed by atoms with Crippen molar-refractivity contribution < 1.29 is 9.13 Å². The molecule has 21 heavy (non-hydrogen) atoms. The van der Waals surface area contributed by atoms with Crippen molar-refractivity contribution in [1.82, 2.24) is 5.32 Å². The third-order valence-corrected chi connectivity index (χ3v) is 3.65. The van der Waals surface area contributed by atoms with E-state index in [1.165, 1.54) is 12.1 Å². The topological polar surface area (TPSA) is 45.0 Å². The summed E-state index contributed by atoms with van der Waals surface area (Å²) in [5.41, 5.74) is 1.18. The summed E-state index contributed by atoms with van der Waals surface area (Å²) >= 11 is 3.42. The van der Waals surface area contributed by atoms with Crippen molar-refractivity contribution >= 4 is 15.9 Å². The highest BCUT2D eigenvalue weighted by molar-refractivity contribution is 9.10.